The summed E-state index contributed by atoms with van der Waals surface area (Å²) in [5.41, 5.74) is 5.17. The van der Waals surface area contributed by atoms with E-state index in [0.29, 0.717) is 11.3 Å². The highest BCUT2D eigenvalue weighted by molar-refractivity contribution is 5.49. The van der Waals surface area contributed by atoms with Crippen LogP contribution >= 0.6 is 0 Å². The summed E-state index contributed by atoms with van der Waals surface area (Å²) < 4.78 is 0. The summed E-state index contributed by atoms with van der Waals surface area (Å²) in [4.78, 5) is 0. The van der Waals surface area contributed by atoms with Crippen molar-refractivity contribution in [3.8, 4) is 0 Å². The fourth-order valence-electron chi connectivity index (χ4n) is 4.38. The van der Waals surface area contributed by atoms with Crippen molar-refractivity contribution in [2.45, 2.75) is 40.0 Å². The molecule has 0 spiro atoms. The van der Waals surface area contributed by atoms with E-state index < -0.39 is 0 Å². The maximum atomic E-state index is 2.49. The van der Waals surface area contributed by atoms with Crippen molar-refractivity contribution in [2.75, 3.05) is 0 Å². The van der Waals surface area contributed by atoms with Crippen molar-refractivity contribution in [2.24, 2.45) is 17.3 Å². The van der Waals surface area contributed by atoms with Gasteiger partial charge in [-0.25, -0.2) is 0 Å². The van der Waals surface area contributed by atoms with E-state index in [4.69, 9.17) is 0 Å². The van der Waals surface area contributed by atoms with E-state index in [9.17, 15) is 0 Å². The van der Waals surface area contributed by atoms with E-state index >= 15 is 0 Å². The van der Waals surface area contributed by atoms with Crippen LogP contribution in [0.3, 0.4) is 0 Å². The molecular formula is C17H22. The zero-order valence-electron chi connectivity index (χ0n) is 11.2. The third kappa shape index (κ3) is 1.50. The molecule has 0 heterocycles. The van der Waals surface area contributed by atoms with E-state index in [1.807, 2.05) is 0 Å². The Hall–Kier alpha value is -1.04. The zero-order chi connectivity index (χ0) is 12.0. The summed E-state index contributed by atoms with van der Waals surface area (Å²) in [5, 5.41) is 0. The van der Waals surface area contributed by atoms with Gasteiger partial charge in [-0.2, -0.15) is 0 Å². The van der Waals surface area contributed by atoms with Crippen LogP contribution in [0.15, 0.2) is 47.1 Å². The van der Waals surface area contributed by atoms with E-state index in [1.165, 1.54) is 30.4 Å². The molecule has 17 heavy (non-hydrogen) atoms. The van der Waals surface area contributed by atoms with Crippen LogP contribution in [-0.2, 0) is 0 Å². The summed E-state index contributed by atoms with van der Waals surface area (Å²) in [6.07, 6.45) is 15.6. The molecule has 0 heteroatoms. The lowest BCUT2D eigenvalue weighted by Gasteiger charge is -2.49. The molecule has 3 unspecified atom stereocenters. The van der Waals surface area contributed by atoms with Gasteiger partial charge in [-0.3, -0.25) is 0 Å². The van der Waals surface area contributed by atoms with E-state index in [1.54, 1.807) is 5.57 Å². The van der Waals surface area contributed by atoms with Crippen LogP contribution in [0.5, 0.6) is 0 Å². The fraction of sp³-hybridized carbons (Fsp3) is 0.529. The molecule has 0 saturated heterocycles. The maximum absolute atomic E-state index is 2.49. The van der Waals surface area contributed by atoms with Gasteiger partial charge in [-0.05, 0) is 36.7 Å². The predicted molar refractivity (Wildman–Crippen MR) is 73.7 cm³/mol. The second kappa shape index (κ2) is 3.73. The number of allylic oxidation sites excluding steroid dienone is 8. The molecule has 0 aromatic rings. The van der Waals surface area contributed by atoms with Crippen LogP contribution in [0.1, 0.15) is 40.0 Å². The monoisotopic (exact) mass is 226 g/mol. The van der Waals surface area contributed by atoms with E-state index in [2.05, 4.69) is 51.2 Å². The third-order valence-electron chi connectivity index (χ3n) is 5.00. The van der Waals surface area contributed by atoms with Crippen molar-refractivity contribution in [1.82, 2.24) is 0 Å². The molecule has 0 aliphatic heterocycles. The highest BCUT2D eigenvalue weighted by Gasteiger charge is 2.44. The maximum Gasteiger partial charge on any atom is 0.0113 e. The standard InChI is InChI=1S/C17H22/c1-12-7-6-10-17(3)15-9-5-4-8-14(15)11-13(2)16(12)17/h4-5,8-9,11-12,15H,6-7,10H2,1-3H3. The average molecular weight is 226 g/mol. The van der Waals surface area contributed by atoms with Gasteiger partial charge in [-0.15, -0.1) is 0 Å². The van der Waals surface area contributed by atoms with Crippen LogP contribution < -0.4 is 0 Å². The van der Waals surface area contributed by atoms with Crippen LogP contribution in [0, 0.1) is 17.3 Å². The Kier molecular flexibility index (Phi) is 2.43. The second-order valence-corrected chi connectivity index (χ2v) is 6.17. The minimum Gasteiger partial charge on any atom is -0.0761 e. The van der Waals surface area contributed by atoms with Crippen molar-refractivity contribution >= 4 is 0 Å². The summed E-state index contributed by atoms with van der Waals surface area (Å²) in [6.45, 7) is 7.21. The summed E-state index contributed by atoms with van der Waals surface area (Å²) in [6, 6.07) is 0. The highest BCUT2D eigenvalue weighted by atomic mass is 14.5. The number of rotatable bonds is 0. The predicted octanol–water partition coefficient (Wildman–Crippen LogP) is 4.81. The molecule has 0 amide bonds. The van der Waals surface area contributed by atoms with Crippen molar-refractivity contribution in [3.63, 3.8) is 0 Å². The highest BCUT2D eigenvalue weighted by Crippen LogP contribution is 2.55. The molecule has 0 aromatic heterocycles. The molecule has 90 valence electrons. The van der Waals surface area contributed by atoms with Gasteiger partial charge in [0.25, 0.3) is 0 Å². The summed E-state index contributed by atoms with van der Waals surface area (Å²) >= 11 is 0. The SMILES string of the molecule is CC1=C2C(C)CCCC2(C)C2C=CC=CC2=C1. The second-order valence-electron chi connectivity index (χ2n) is 6.17. The Morgan fingerprint density at radius 2 is 2.12 bits per heavy atom. The Morgan fingerprint density at radius 1 is 1.29 bits per heavy atom. The minimum atomic E-state index is 0.382. The Balaban J connectivity index is 2.16. The quantitative estimate of drug-likeness (QED) is 0.556. The Labute approximate surface area is 105 Å². The smallest absolute Gasteiger partial charge is 0.0113 e. The molecule has 1 saturated carbocycles. The molecule has 0 nitrogen and oxygen atoms in total. The molecule has 1 fully saturated rings. The first-order chi connectivity index (χ1) is 8.13. The molecule has 3 aliphatic carbocycles. The first-order valence-corrected chi connectivity index (χ1v) is 6.90. The van der Waals surface area contributed by atoms with Gasteiger partial charge in [0.2, 0.25) is 0 Å². The van der Waals surface area contributed by atoms with Crippen LogP contribution in [-0.4, -0.2) is 0 Å². The Bertz CT molecular complexity index is 458. The van der Waals surface area contributed by atoms with Crippen LogP contribution in [0.2, 0.25) is 0 Å². The van der Waals surface area contributed by atoms with Gasteiger partial charge in [0.15, 0.2) is 0 Å². The fourth-order valence-corrected chi connectivity index (χ4v) is 4.38. The van der Waals surface area contributed by atoms with Gasteiger partial charge in [0, 0.05) is 5.92 Å². The van der Waals surface area contributed by atoms with Crippen molar-refractivity contribution in [3.05, 3.63) is 47.1 Å². The third-order valence-corrected chi connectivity index (χ3v) is 5.00. The van der Waals surface area contributed by atoms with E-state index in [0.717, 1.165) is 5.92 Å². The molecule has 0 aromatic carbocycles. The molecular weight excluding hydrogens is 204 g/mol. The van der Waals surface area contributed by atoms with E-state index in [-0.39, 0.29) is 0 Å². The van der Waals surface area contributed by atoms with Gasteiger partial charge >= 0.3 is 0 Å². The number of hydrogen-bond acceptors (Lipinski definition) is 0. The lowest BCUT2D eigenvalue weighted by atomic mass is 9.55. The van der Waals surface area contributed by atoms with Crippen molar-refractivity contribution < 1.29 is 0 Å². The lowest BCUT2D eigenvalue weighted by Crippen LogP contribution is -2.38. The molecule has 3 atom stereocenters. The molecule has 3 aliphatic rings. The van der Waals surface area contributed by atoms with Gasteiger partial charge in [0.05, 0.1) is 0 Å². The lowest BCUT2D eigenvalue weighted by molar-refractivity contribution is 0.212. The largest absolute Gasteiger partial charge is 0.0761 e. The molecule has 0 N–H and O–H groups in total. The van der Waals surface area contributed by atoms with Gasteiger partial charge < -0.3 is 0 Å². The molecule has 3 rings (SSSR count). The molecule has 0 bridgehead atoms. The number of fused-ring (bicyclic) bond motifs is 3. The topological polar surface area (TPSA) is 0 Å². The van der Waals surface area contributed by atoms with Crippen molar-refractivity contribution in [1.29, 1.82) is 0 Å². The average Bonchev–Trinajstić information content (AvgIpc) is 2.28. The first-order valence-electron chi connectivity index (χ1n) is 6.90. The van der Waals surface area contributed by atoms with Gasteiger partial charge in [-0.1, -0.05) is 61.8 Å². The van der Waals surface area contributed by atoms with Crippen LogP contribution in [0.4, 0.5) is 0 Å². The normalized spacial score (nSPS) is 39.8. The summed E-state index contributed by atoms with van der Waals surface area (Å²) in [7, 11) is 0. The Morgan fingerprint density at radius 3 is 2.94 bits per heavy atom. The summed E-state index contributed by atoms with van der Waals surface area (Å²) in [5.74, 6) is 1.39. The van der Waals surface area contributed by atoms with Crippen LogP contribution in [0.25, 0.3) is 0 Å². The first kappa shape index (κ1) is 11.1. The number of hydrogen-bond donors (Lipinski definition) is 0. The molecule has 0 radical (unpaired) electrons. The minimum absolute atomic E-state index is 0.382. The van der Waals surface area contributed by atoms with Gasteiger partial charge in [0.1, 0.15) is 0 Å². The zero-order valence-corrected chi connectivity index (χ0v) is 11.2.